The standard InChI is InChI=1S/C23H27F3N4O2/c1-14(8-15-4-3-7-29-13-15)9-21(31)20(30-23(32)19(28)5-2-6-27)12-16-10-17(24)22(26)18(25)11-16/h3-4,7-8,10-11,19-20H,1-2,5-6,9,12-13,27-28H2,(H,30,32)/t19-,20+/m0/s1. The second-order valence-electron chi connectivity index (χ2n) is 7.55. The van der Waals surface area contributed by atoms with Crippen LogP contribution < -0.4 is 16.8 Å². The summed E-state index contributed by atoms with van der Waals surface area (Å²) in [6, 6.07) is -0.446. The van der Waals surface area contributed by atoms with E-state index in [1.54, 1.807) is 18.4 Å². The average Bonchev–Trinajstić information content (AvgIpc) is 2.75. The zero-order valence-corrected chi connectivity index (χ0v) is 17.6. The number of benzene rings is 1. The van der Waals surface area contributed by atoms with Gasteiger partial charge in [-0.2, -0.15) is 0 Å². The Labute approximate surface area is 185 Å². The number of halogens is 3. The van der Waals surface area contributed by atoms with E-state index in [4.69, 9.17) is 11.5 Å². The van der Waals surface area contributed by atoms with Crippen LogP contribution >= 0.6 is 0 Å². The normalized spacial score (nSPS) is 16.1. The van der Waals surface area contributed by atoms with E-state index in [0.717, 1.165) is 17.7 Å². The van der Waals surface area contributed by atoms with Gasteiger partial charge in [-0.3, -0.25) is 14.6 Å². The summed E-state index contributed by atoms with van der Waals surface area (Å²) in [5.74, 6) is -5.38. The number of nitrogens with two attached hydrogens (primary N) is 2. The maximum atomic E-state index is 13.6. The number of hydrogen-bond donors (Lipinski definition) is 3. The fourth-order valence-corrected chi connectivity index (χ4v) is 3.15. The van der Waals surface area contributed by atoms with Crippen LogP contribution in [0.3, 0.4) is 0 Å². The van der Waals surface area contributed by atoms with Gasteiger partial charge in [-0.1, -0.05) is 18.7 Å². The van der Waals surface area contributed by atoms with Gasteiger partial charge >= 0.3 is 0 Å². The second kappa shape index (κ2) is 12.1. The molecular formula is C23H27F3N4O2. The van der Waals surface area contributed by atoms with Gasteiger partial charge in [0.05, 0.1) is 18.6 Å². The predicted molar refractivity (Wildman–Crippen MR) is 118 cm³/mol. The Morgan fingerprint density at radius 2 is 1.94 bits per heavy atom. The number of nitrogens with one attached hydrogen (secondary N) is 1. The number of Topliss-reactive ketones (excluding diaryl/α,β-unsaturated/α-hetero) is 1. The molecule has 32 heavy (non-hydrogen) atoms. The van der Waals surface area contributed by atoms with Crippen molar-refractivity contribution >= 4 is 17.9 Å². The number of carbonyl (C=O) groups excluding carboxylic acids is 2. The Morgan fingerprint density at radius 3 is 2.53 bits per heavy atom. The van der Waals surface area contributed by atoms with E-state index in [1.807, 2.05) is 6.08 Å². The summed E-state index contributed by atoms with van der Waals surface area (Å²) >= 11 is 0. The molecule has 0 saturated carbocycles. The minimum atomic E-state index is -1.60. The summed E-state index contributed by atoms with van der Waals surface area (Å²) in [7, 11) is 0. The van der Waals surface area contributed by atoms with Gasteiger partial charge in [0.15, 0.2) is 23.2 Å². The minimum Gasteiger partial charge on any atom is -0.345 e. The van der Waals surface area contributed by atoms with Gasteiger partial charge in [0.1, 0.15) is 0 Å². The molecule has 0 bridgehead atoms. The molecule has 1 amide bonds. The van der Waals surface area contributed by atoms with Gasteiger partial charge < -0.3 is 16.8 Å². The number of aliphatic imine (C=N–C) groups is 1. The topological polar surface area (TPSA) is 111 Å². The lowest BCUT2D eigenvalue weighted by Crippen LogP contribution is -2.49. The summed E-state index contributed by atoms with van der Waals surface area (Å²) in [4.78, 5) is 29.5. The van der Waals surface area contributed by atoms with Crippen LogP contribution in [0.5, 0.6) is 0 Å². The lowest BCUT2D eigenvalue weighted by Gasteiger charge is -2.21. The van der Waals surface area contributed by atoms with Gasteiger partial charge in [-0.15, -0.1) is 0 Å². The maximum absolute atomic E-state index is 13.6. The number of ketones is 1. The number of rotatable bonds is 11. The maximum Gasteiger partial charge on any atom is 0.237 e. The van der Waals surface area contributed by atoms with E-state index in [2.05, 4.69) is 16.9 Å². The molecule has 1 aliphatic rings. The molecule has 0 spiro atoms. The van der Waals surface area contributed by atoms with Crippen molar-refractivity contribution in [2.24, 2.45) is 16.5 Å². The summed E-state index contributed by atoms with van der Waals surface area (Å²) < 4.78 is 40.6. The molecular weight excluding hydrogens is 421 g/mol. The lowest BCUT2D eigenvalue weighted by molar-refractivity contribution is -0.128. The molecule has 1 aromatic carbocycles. The van der Waals surface area contributed by atoms with Crippen LogP contribution in [-0.4, -0.2) is 43.1 Å². The van der Waals surface area contributed by atoms with Crippen LogP contribution in [0, 0.1) is 17.5 Å². The molecule has 2 atom stereocenters. The monoisotopic (exact) mass is 448 g/mol. The summed E-state index contributed by atoms with van der Waals surface area (Å²) in [6.45, 7) is 4.67. The van der Waals surface area contributed by atoms with Crippen molar-refractivity contribution in [2.75, 3.05) is 13.1 Å². The SMILES string of the molecule is C=C(C=C1C=CC=NC1)CC(=O)[C@@H](Cc1cc(F)c(F)c(F)c1)NC(=O)[C@@H](N)CCCN. The first-order chi connectivity index (χ1) is 15.2. The average molecular weight is 448 g/mol. The first kappa shape index (κ1) is 25.2. The molecule has 1 aromatic rings. The summed E-state index contributed by atoms with van der Waals surface area (Å²) in [5, 5.41) is 2.54. The van der Waals surface area contributed by atoms with Crippen molar-refractivity contribution in [2.45, 2.75) is 37.8 Å². The third-order valence-corrected chi connectivity index (χ3v) is 4.81. The van der Waals surface area contributed by atoms with E-state index < -0.39 is 41.2 Å². The van der Waals surface area contributed by atoms with Crippen molar-refractivity contribution in [3.8, 4) is 0 Å². The highest BCUT2D eigenvalue weighted by Gasteiger charge is 2.25. The van der Waals surface area contributed by atoms with Crippen LogP contribution in [0.2, 0.25) is 0 Å². The first-order valence-corrected chi connectivity index (χ1v) is 10.2. The van der Waals surface area contributed by atoms with Crippen LogP contribution in [0.15, 0.2) is 53.1 Å². The number of nitrogens with zero attached hydrogens (tertiary/aromatic N) is 1. The Bertz CT molecular complexity index is 934. The molecule has 0 radical (unpaired) electrons. The third kappa shape index (κ3) is 7.58. The molecule has 1 heterocycles. The minimum absolute atomic E-state index is 0.0177. The van der Waals surface area contributed by atoms with Crippen molar-refractivity contribution in [1.29, 1.82) is 0 Å². The number of allylic oxidation sites excluding steroid dienone is 3. The fraction of sp³-hybridized carbons (Fsp3) is 0.348. The molecule has 2 rings (SSSR count). The van der Waals surface area contributed by atoms with Gasteiger partial charge in [0.25, 0.3) is 0 Å². The molecule has 1 aliphatic heterocycles. The Balaban J connectivity index is 2.17. The number of carbonyl (C=O) groups is 2. The van der Waals surface area contributed by atoms with E-state index >= 15 is 0 Å². The quantitative estimate of drug-likeness (QED) is 0.451. The summed E-state index contributed by atoms with van der Waals surface area (Å²) in [5.41, 5.74) is 12.6. The van der Waals surface area contributed by atoms with Crippen LogP contribution in [0.1, 0.15) is 24.8 Å². The highest BCUT2D eigenvalue weighted by molar-refractivity contribution is 5.92. The van der Waals surface area contributed by atoms with E-state index in [1.165, 1.54) is 0 Å². The van der Waals surface area contributed by atoms with Crippen molar-refractivity contribution in [3.05, 3.63) is 71.1 Å². The number of dihydropyridines is 1. The molecule has 0 aliphatic carbocycles. The molecule has 5 N–H and O–H groups in total. The molecule has 9 heteroatoms. The predicted octanol–water partition coefficient (Wildman–Crippen LogP) is 2.28. The van der Waals surface area contributed by atoms with Gasteiger partial charge in [-0.25, -0.2) is 13.2 Å². The molecule has 0 fully saturated rings. The molecule has 0 saturated heterocycles. The van der Waals surface area contributed by atoms with Gasteiger partial charge in [0.2, 0.25) is 5.91 Å². The van der Waals surface area contributed by atoms with E-state index in [-0.39, 0.29) is 18.4 Å². The van der Waals surface area contributed by atoms with Gasteiger partial charge in [-0.05, 0) is 60.7 Å². The Morgan fingerprint density at radius 1 is 1.25 bits per heavy atom. The largest absolute Gasteiger partial charge is 0.345 e. The van der Waals surface area contributed by atoms with Crippen molar-refractivity contribution < 1.29 is 22.8 Å². The Hall–Kier alpha value is -3.04. The van der Waals surface area contributed by atoms with Crippen molar-refractivity contribution in [3.63, 3.8) is 0 Å². The Kier molecular flexibility index (Phi) is 9.55. The number of amides is 1. The van der Waals surface area contributed by atoms with Gasteiger partial charge in [0, 0.05) is 12.6 Å². The van der Waals surface area contributed by atoms with Crippen LogP contribution in [0.25, 0.3) is 0 Å². The zero-order chi connectivity index (χ0) is 23.7. The fourth-order valence-electron chi connectivity index (χ4n) is 3.15. The highest BCUT2D eigenvalue weighted by Crippen LogP contribution is 2.17. The second-order valence-corrected chi connectivity index (χ2v) is 7.55. The van der Waals surface area contributed by atoms with Crippen LogP contribution in [-0.2, 0) is 16.0 Å². The van der Waals surface area contributed by atoms with Crippen LogP contribution in [0.4, 0.5) is 13.2 Å². The first-order valence-electron chi connectivity index (χ1n) is 10.2. The lowest BCUT2D eigenvalue weighted by atomic mass is 9.96. The zero-order valence-electron chi connectivity index (χ0n) is 17.6. The smallest absolute Gasteiger partial charge is 0.237 e. The number of hydrogen-bond acceptors (Lipinski definition) is 5. The molecule has 172 valence electrons. The van der Waals surface area contributed by atoms with E-state index in [9.17, 15) is 22.8 Å². The molecule has 0 unspecified atom stereocenters. The highest BCUT2D eigenvalue weighted by atomic mass is 19.2. The molecule has 6 nitrogen and oxygen atoms in total. The third-order valence-electron chi connectivity index (χ3n) is 4.81. The van der Waals surface area contributed by atoms with E-state index in [0.29, 0.717) is 31.5 Å². The van der Waals surface area contributed by atoms with Crippen molar-refractivity contribution in [1.82, 2.24) is 5.32 Å². The molecule has 0 aromatic heterocycles. The summed E-state index contributed by atoms with van der Waals surface area (Å²) in [6.07, 6.45) is 7.44.